The zero-order chi connectivity index (χ0) is 31.0. The summed E-state index contributed by atoms with van der Waals surface area (Å²) in [6.07, 6.45) is 4.97. The maximum Gasteiger partial charge on any atom is 0.340 e. The van der Waals surface area contributed by atoms with Crippen molar-refractivity contribution in [3.05, 3.63) is 80.5 Å². The Kier molecular flexibility index (Phi) is 11.0. The monoisotopic (exact) mass is 615 g/mol. The van der Waals surface area contributed by atoms with E-state index in [1.807, 2.05) is 0 Å². The molecular formula is C29H33N3O8S2. The quantitative estimate of drug-likeness (QED) is 0.304. The van der Waals surface area contributed by atoms with Crippen LogP contribution >= 0.6 is 11.3 Å². The number of esters is 1. The van der Waals surface area contributed by atoms with Gasteiger partial charge >= 0.3 is 11.9 Å². The number of aliphatic carboxylic acids is 1. The Balaban J connectivity index is 0.000000247. The number of aryl methyl sites for hydroxylation is 1. The van der Waals surface area contributed by atoms with Crippen molar-refractivity contribution in [2.24, 2.45) is 11.5 Å². The minimum atomic E-state index is -3.49. The summed E-state index contributed by atoms with van der Waals surface area (Å²) in [7, 11) is -3.49. The molecule has 3 aromatic rings. The third-order valence-electron chi connectivity index (χ3n) is 6.38. The van der Waals surface area contributed by atoms with Gasteiger partial charge in [-0.1, -0.05) is 18.2 Å². The molecule has 1 heterocycles. The molecule has 0 saturated heterocycles. The number of nitrogens with two attached hydrogens (primary N) is 2. The molecule has 2 amide bonds. The number of carbonyl (C=O) groups is 4. The van der Waals surface area contributed by atoms with Gasteiger partial charge in [-0.2, -0.15) is 0 Å². The highest BCUT2D eigenvalue weighted by Gasteiger charge is 2.28. The van der Waals surface area contributed by atoms with Crippen molar-refractivity contribution in [1.29, 1.82) is 0 Å². The molecule has 1 aromatic heterocycles. The number of ether oxygens (including phenoxy) is 1. The third-order valence-corrected chi connectivity index (χ3v) is 8.80. The summed E-state index contributed by atoms with van der Waals surface area (Å²) in [5.74, 6) is -2.72. The first-order valence-corrected chi connectivity index (χ1v) is 15.8. The Morgan fingerprint density at radius 1 is 1.05 bits per heavy atom. The lowest BCUT2D eigenvalue weighted by molar-refractivity contribution is -0.135. The predicted octanol–water partition coefficient (Wildman–Crippen LogP) is 3.18. The first kappa shape index (κ1) is 32.4. The van der Waals surface area contributed by atoms with E-state index >= 15 is 0 Å². The van der Waals surface area contributed by atoms with Crippen molar-refractivity contribution in [3.8, 4) is 0 Å². The highest BCUT2D eigenvalue weighted by Crippen LogP contribution is 2.34. The normalized spacial score (nSPS) is 12.4. The highest BCUT2D eigenvalue weighted by molar-refractivity contribution is 7.90. The molecule has 11 nitrogen and oxygen atoms in total. The van der Waals surface area contributed by atoms with E-state index in [4.69, 9.17) is 21.3 Å². The average Bonchev–Trinajstić information content (AvgIpc) is 3.36. The van der Waals surface area contributed by atoms with Crippen LogP contribution in [0.5, 0.6) is 0 Å². The second-order valence-electron chi connectivity index (χ2n) is 9.46. The van der Waals surface area contributed by atoms with E-state index < -0.39 is 40.1 Å². The summed E-state index contributed by atoms with van der Waals surface area (Å²) in [5.41, 5.74) is 13.5. The van der Waals surface area contributed by atoms with Gasteiger partial charge in [-0.05, 0) is 74.1 Å². The number of primary amides is 1. The topological polar surface area (TPSA) is 187 Å². The maximum absolute atomic E-state index is 12.8. The standard InChI is InChI=1S/C17H18N2O5S.C12H15NO3S/c1-25(23,24)15-7-3-6-14(9-15)19(11-16(20)21)17(22)13-5-2-4-12(8-13)10-18;1-2-16-12(15)9-7-5-3-4-6-8(7)17-10(9)11(13)14/h2-9H,10-11,18H2,1H3,(H,20,21);2-6H2,1H3,(H2,13,14). The van der Waals surface area contributed by atoms with Crippen LogP contribution in [0.25, 0.3) is 0 Å². The zero-order valence-electron chi connectivity index (χ0n) is 23.3. The molecule has 0 bridgehead atoms. The van der Waals surface area contributed by atoms with E-state index in [-0.39, 0.29) is 22.7 Å². The number of anilines is 1. The summed E-state index contributed by atoms with van der Waals surface area (Å²) >= 11 is 1.35. The van der Waals surface area contributed by atoms with Crippen LogP contribution in [-0.2, 0) is 38.8 Å². The van der Waals surface area contributed by atoms with Crippen molar-refractivity contribution >= 4 is 50.6 Å². The zero-order valence-corrected chi connectivity index (χ0v) is 24.9. The molecule has 0 spiro atoms. The lowest BCUT2D eigenvalue weighted by atomic mass is 9.95. The summed E-state index contributed by atoms with van der Waals surface area (Å²) in [6, 6.07) is 12.2. The number of hydrogen-bond acceptors (Lipinski definition) is 9. The van der Waals surface area contributed by atoms with Gasteiger partial charge in [0, 0.05) is 28.9 Å². The summed E-state index contributed by atoms with van der Waals surface area (Å²) < 4.78 is 28.4. The summed E-state index contributed by atoms with van der Waals surface area (Å²) in [5, 5.41) is 9.14. The number of fused-ring (bicyclic) bond motifs is 1. The Bertz CT molecular complexity index is 1600. The number of nitrogens with zero attached hydrogens (tertiary/aromatic N) is 1. The van der Waals surface area contributed by atoms with Gasteiger partial charge in [0.05, 0.1) is 17.1 Å². The van der Waals surface area contributed by atoms with Crippen molar-refractivity contribution in [1.82, 2.24) is 0 Å². The Morgan fingerprint density at radius 2 is 1.74 bits per heavy atom. The molecule has 0 aliphatic heterocycles. The van der Waals surface area contributed by atoms with Crippen LogP contribution in [-0.4, -0.2) is 56.7 Å². The summed E-state index contributed by atoms with van der Waals surface area (Å²) in [6.45, 7) is 1.70. The van der Waals surface area contributed by atoms with Crippen LogP contribution in [0.3, 0.4) is 0 Å². The minimum absolute atomic E-state index is 0.00361. The number of benzene rings is 2. The number of sulfone groups is 1. The van der Waals surface area contributed by atoms with Gasteiger partial charge in [-0.25, -0.2) is 13.2 Å². The number of hydrogen-bond donors (Lipinski definition) is 3. The summed E-state index contributed by atoms with van der Waals surface area (Å²) in [4.78, 5) is 49.7. The number of amides is 2. The molecule has 2 aromatic carbocycles. The average molecular weight is 616 g/mol. The van der Waals surface area contributed by atoms with Crippen LogP contribution in [0, 0.1) is 0 Å². The van der Waals surface area contributed by atoms with Crippen molar-refractivity contribution < 1.29 is 37.4 Å². The number of rotatable bonds is 9. The number of carboxylic acids is 1. The Morgan fingerprint density at radius 3 is 2.36 bits per heavy atom. The Labute approximate surface area is 248 Å². The van der Waals surface area contributed by atoms with Crippen molar-refractivity contribution in [3.63, 3.8) is 0 Å². The van der Waals surface area contributed by atoms with E-state index in [1.165, 1.54) is 35.6 Å². The fraction of sp³-hybridized carbons (Fsp3) is 0.310. The van der Waals surface area contributed by atoms with Crippen LogP contribution in [0.4, 0.5) is 5.69 Å². The van der Waals surface area contributed by atoms with Crippen molar-refractivity contribution in [2.75, 3.05) is 24.3 Å². The van der Waals surface area contributed by atoms with Crippen LogP contribution in [0.2, 0.25) is 0 Å². The number of thiophene rings is 1. The second kappa shape index (κ2) is 14.2. The SMILES string of the molecule is CCOC(=O)c1c(C(N)=O)sc2c1CCCC2.CS(=O)(=O)c1cccc(N(CC(=O)O)C(=O)c2cccc(CN)c2)c1. The van der Waals surface area contributed by atoms with Crippen molar-refractivity contribution in [2.45, 2.75) is 44.0 Å². The van der Waals surface area contributed by atoms with Crippen LogP contribution in [0.15, 0.2) is 53.4 Å². The molecule has 0 atom stereocenters. The lowest BCUT2D eigenvalue weighted by Crippen LogP contribution is -2.35. The minimum Gasteiger partial charge on any atom is -0.480 e. The molecule has 0 fully saturated rings. The van der Waals surface area contributed by atoms with Gasteiger partial charge in [-0.15, -0.1) is 11.3 Å². The van der Waals surface area contributed by atoms with Crippen LogP contribution in [0.1, 0.15) is 66.2 Å². The maximum atomic E-state index is 12.8. The van der Waals surface area contributed by atoms with Crippen LogP contribution < -0.4 is 16.4 Å². The van der Waals surface area contributed by atoms with Gasteiger partial charge in [0.15, 0.2) is 9.84 Å². The first-order chi connectivity index (χ1) is 19.9. The molecule has 4 rings (SSSR count). The third kappa shape index (κ3) is 8.02. The molecule has 13 heteroatoms. The molecule has 0 unspecified atom stereocenters. The molecule has 224 valence electrons. The molecule has 0 saturated carbocycles. The number of carbonyl (C=O) groups excluding carboxylic acids is 3. The van der Waals surface area contributed by atoms with E-state index in [0.717, 1.165) is 52.8 Å². The first-order valence-electron chi connectivity index (χ1n) is 13.1. The number of carboxylic acid groups (broad SMARTS) is 1. The predicted molar refractivity (Wildman–Crippen MR) is 159 cm³/mol. The molecular weight excluding hydrogens is 582 g/mol. The smallest absolute Gasteiger partial charge is 0.340 e. The largest absolute Gasteiger partial charge is 0.480 e. The van der Waals surface area contributed by atoms with E-state index in [1.54, 1.807) is 31.2 Å². The van der Waals surface area contributed by atoms with Gasteiger partial charge in [0.25, 0.3) is 11.8 Å². The Hall–Kier alpha value is -4.07. The highest BCUT2D eigenvalue weighted by atomic mass is 32.2. The molecule has 42 heavy (non-hydrogen) atoms. The second-order valence-corrected chi connectivity index (χ2v) is 12.6. The van der Waals surface area contributed by atoms with Gasteiger partial charge in [0.1, 0.15) is 11.4 Å². The molecule has 1 aliphatic carbocycles. The van der Waals surface area contributed by atoms with E-state index in [2.05, 4.69) is 0 Å². The molecule has 0 radical (unpaired) electrons. The molecule has 1 aliphatic rings. The fourth-order valence-corrected chi connectivity index (χ4v) is 6.33. The molecule has 5 N–H and O–H groups in total. The van der Waals surface area contributed by atoms with Gasteiger partial charge in [0.2, 0.25) is 0 Å². The van der Waals surface area contributed by atoms with E-state index in [9.17, 15) is 27.6 Å². The van der Waals surface area contributed by atoms with Gasteiger partial charge < -0.3 is 21.3 Å². The van der Waals surface area contributed by atoms with Gasteiger partial charge in [-0.3, -0.25) is 19.3 Å². The van der Waals surface area contributed by atoms with E-state index in [0.29, 0.717) is 17.0 Å². The lowest BCUT2D eigenvalue weighted by Gasteiger charge is -2.21. The fourth-order valence-electron chi connectivity index (χ4n) is 4.44.